The van der Waals surface area contributed by atoms with Crippen molar-refractivity contribution in [1.29, 1.82) is 0 Å². The molecule has 20 heavy (non-hydrogen) atoms. The Morgan fingerprint density at radius 2 is 2.20 bits per heavy atom. The lowest BCUT2D eigenvalue weighted by atomic mass is 9.92. The van der Waals surface area contributed by atoms with Gasteiger partial charge >= 0.3 is 0 Å². The molecular weight excluding hydrogens is 254 g/mol. The number of hydrogen-bond donors (Lipinski definition) is 1. The molecule has 1 fully saturated rings. The maximum atomic E-state index is 12.3. The Bertz CT molecular complexity index is 474. The Morgan fingerprint density at radius 3 is 2.75 bits per heavy atom. The Labute approximate surface area is 120 Å². The molecule has 1 aliphatic heterocycles. The highest BCUT2D eigenvalue weighted by atomic mass is 16.5. The van der Waals surface area contributed by atoms with Gasteiger partial charge in [-0.2, -0.15) is 0 Å². The Kier molecular flexibility index (Phi) is 4.18. The molecule has 0 aromatic carbocycles. The van der Waals surface area contributed by atoms with Crippen molar-refractivity contribution in [2.75, 3.05) is 11.9 Å². The highest BCUT2D eigenvalue weighted by molar-refractivity contribution is 5.93. The molecule has 1 N–H and O–H groups in total. The molecule has 0 spiro atoms. The van der Waals surface area contributed by atoms with E-state index in [0.717, 1.165) is 25.1 Å². The summed E-state index contributed by atoms with van der Waals surface area (Å²) in [5.74, 6) is 0.448. The van der Waals surface area contributed by atoms with Crippen molar-refractivity contribution >= 4 is 11.8 Å². The summed E-state index contributed by atoms with van der Waals surface area (Å²) in [4.78, 5) is 14.6. The predicted molar refractivity (Wildman–Crippen MR) is 78.7 cm³/mol. The van der Waals surface area contributed by atoms with Gasteiger partial charge in [-0.05, 0) is 33.2 Å². The first kappa shape index (κ1) is 15.0. The number of hydrogen-bond acceptors (Lipinski definition) is 4. The van der Waals surface area contributed by atoms with E-state index < -0.39 is 0 Å². The minimum atomic E-state index is -0.0796. The highest BCUT2D eigenvalue weighted by Crippen LogP contribution is 2.25. The highest BCUT2D eigenvalue weighted by Gasteiger charge is 2.32. The topological polar surface area (TPSA) is 58.4 Å². The summed E-state index contributed by atoms with van der Waals surface area (Å²) in [5.41, 5.74) is 0.768. The number of rotatable bonds is 3. The number of amides is 1. The lowest BCUT2D eigenvalue weighted by molar-refractivity contribution is -0.121. The zero-order valence-electron chi connectivity index (χ0n) is 13.1. The van der Waals surface area contributed by atoms with E-state index >= 15 is 0 Å². The van der Waals surface area contributed by atoms with Gasteiger partial charge in [-0.15, -0.1) is 0 Å². The van der Waals surface area contributed by atoms with Crippen molar-refractivity contribution in [2.24, 2.45) is 0 Å². The van der Waals surface area contributed by atoms with Crippen LogP contribution in [0.4, 0.5) is 5.88 Å². The fourth-order valence-corrected chi connectivity index (χ4v) is 2.58. The zero-order chi connectivity index (χ0) is 14.9. The average molecular weight is 279 g/mol. The molecule has 1 aromatic rings. The summed E-state index contributed by atoms with van der Waals surface area (Å²) in [7, 11) is 0. The first-order valence-corrected chi connectivity index (χ1v) is 7.33. The van der Waals surface area contributed by atoms with Gasteiger partial charge in [0.1, 0.15) is 0 Å². The van der Waals surface area contributed by atoms with Crippen molar-refractivity contribution in [3.8, 4) is 0 Å². The van der Waals surface area contributed by atoms with Gasteiger partial charge in [0.15, 0.2) is 0 Å². The van der Waals surface area contributed by atoms with E-state index in [9.17, 15) is 4.79 Å². The molecule has 0 saturated carbocycles. The fraction of sp³-hybridized carbons (Fsp3) is 0.733. The normalized spacial score (nSPS) is 20.6. The third-order valence-corrected chi connectivity index (χ3v) is 3.79. The van der Waals surface area contributed by atoms with Crippen molar-refractivity contribution in [2.45, 2.75) is 65.0 Å². The van der Waals surface area contributed by atoms with Gasteiger partial charge in [0, 0.05) is 17.5 Å². The van der Waals surface area contributed by atoms with Gasteiger partial charge in [0.05, 0.1) is 11.7 Å². The van der Waals surface area contributed by atoms with Gasteiger partial charge < -0.3 is 4.52 Å². The van der Waals surface area contributed by atoms with Crippen LogP contribution >= 0.6 is 0 Å². The first-order valence-electron chi connectivity index (χ1n) is 7.33. The van der Waals surface area contributed by atoms with Crippen molar-refractivity contribution < 1.29 is 9.32 Å². The number of nitrogens with one attached hydrogen (secondary N) is 1. The second-order valence-electron chi connectivity index (χ2n) is 6.81. The molecular formula is C15H25N3O2. The van der Waals surface area contributed by atoms with Gasteiger partial charge in [0.2, 0.25) is 11.8 Å². The van der Waals surface area contributed by atoms with Gasteiger partial charge in [0.25, 0.3) is 0 Å². The zero-order valence-corrected chi connectivity index (χ0v) is 13.1. The molecule has 112 valence electrons. The molecule has 0 radical (unpaired) electrons. The van der Waals surface area contributed by atoms with Crippen LogP contribution in [0.3, 0.4) is 0 Å². The summed E-state index contributed by atoms with van der Waals surface area (Å²) in [6, 6.07) is 2.14. The number of aromatic nitrogens is 1. The maximum Gasteiger partial charge on any atom is 0.244 e. The Hall–Kier alpha value is -1.36. The average Bonchev–Trinajstić information content (AvgIpc) is 2.95. The van der Waals surface area contributed by atoms with Crippen LogP contribution in [0, 0.1) is 0 Å². The maximum absolute atomic E-state index is 12.3. The minimum Gasteiger partial charge on any atom is -0.338 e. The molecule has 0 bridgehead atoms. The number of likely N-dealkylation sites (tertiary alicyclic amines) is 1. The van der Waals surface area contributed by atoms with E-state index in [4.69, 9.17) is 4.52 Å². The molecule has 2 heterocycles. The van der Waals surface area contributed by atoms with Crippen LogP contribution in [0.15, 0.2) is 10.6 Å². The second-order valence-corrected chi connectivity index (χ2v) is 6.81. The molecule has 1 aromatic heterocycles. The SMILES string of the molecule is CC(C)N1CCC[C@H]1C(=O)Nc1cc(C(C)(C)C)no1. The quantitative estimate of drug-likeness (QED) is 0.924. The van der Waals surface area contributed by atoms with Crippen molar-refractivity contribution in [3.05, 3.63) is 11.8 Å². The number of carbonyl (C=O) groups excluding carboxylic acids is 1. The molecule has 1 atom stereocenters. The Morgan fingerprint density at radius 1 is 1.50 bits per heavy atom. The van der Waals surface area contributed by atoms with Crippen molar-refractivity contribution in [3.63, 3.8) is 0 Å². The van der Waals surface area contributed by atoms with Crippen LogP contribution in [-0.4, -0.2) is 34.6 Å². The standard InChI is InChI=1S/C15H25N3O2/c1-10(2)18-8-6-7-11(18)14(19)16-13-9-12(17-20-13)15(3,4)5/h9-11H,6-8H2,1-5H3,(H,16,19)/t11-/m0/s1. The lowest BCUT2D eigenvalue weighted by Crippen LogP contribution is -2.43. The van der Waals surface area contributed by atoms with Crippen LogP contribution in [0.2, 0.25) is 0 Å². The first-order chi connectivity index (χ1) is 9.29. The third kappa shape index (κ3) is 3.20. The third-order valence-electron chi connectivity index (χ3n) is 3.79. The summed E-state index contributed by atoms with van der Waals surface area (Å²) < 4.78 is 5.22. The summed E-state index contributed by atoms with van der Waals surface area (Å²) in [5, 5.41) is 6.87. The molecule has 1 amide bonds. The predicted octanol–water partition coefficient (Wildman–Crippen LogP) is 2.78. The van der Waals surface area contributed by atoms with Crippen LogP contribution in [0.1, 0.15) is 53.2 Å². The molecule has 2 rings (SSSR count). The fourth-order valence-electron chi connectivity index (χ4n) is 2.58. The minimum absolute atomic E-state index is 0.00723. The number of carbonyl (C=O) groups is 1. The van der Waals surface area contributed by atoms with E-state index in [0.29, 0.717) is 11.9 Å². The van der Waals surface area contributed by atoms with E-state index in [-0.39, 0.29) is 17.4 Å². The second kappa shape index (κ2) is 5.56. The molecule has 0 unspecified atom stereocenters. The van der Waals surface area contributed by atoms with E-state index in [1.807, 2.05) is 6.07 Å². The molecule has 0 aliphatic carbocycles. The van der Waals surface area contributed by atoms with Crippen LogP contribution < -0.4 is 5.32 Å². The summed E-state index contributed by atoms with van der Waals surface area (Å²) >= 11 is 0. The number of nitrogens with zero attached hydrogens (tertiary/aromatic N) is 2. The summed E-state index contributed by atoms with van der Waals surface area (Å²) in [6.07, 6.45) is 1.98. The smallest absolute Gasteiger partial charge is 0.244 e. The number of anilines is 1. The van der Waals surface area contributed by atoms with Crippen LogP contribution in [-0.2, 0) is 10.2 Å². The van der Waals surface area contributed by atoms with Crippen LogP contribution in [0.25, 0.3) is 0 Å². The van der Waals surface area contributed by atoms with E-state index in [1.165, 1.54) is 0 Å². The van der Waals surface area contributed by atoms with Gasteiger partial charge in [-0.3, -0.25) is 15.0 Å². The largest absolute Gasteiger partial charge is 0.338 e. The van der Waals surface area contributed by atoms with Gasteiger partial charge in [-0.1, -0.05) is 25.9 Å². The summed E-state index contributed by atoms with van der Waals surface area (Å²) in [6.45, 7) is 11.4. The van der Waals surface area contributed by atoms with Gasteiger partial charge in [-0.25, -0.2) is 0 Å². The van der Waals surface area contributed by atoms with Crippen molar-refractivity contribution in [1.82, 2.24) is 10.1 Å². The Balaban J connectivity index is 2.03. The van der Waals surface area contributed by atoms with E-state index in [1.54, 1.807) is 0 Å². The molecule has 1 aliphatic rings. The van der Waals surface area contributed by atoms with E-state index in [2.05, 4.69) is 50.0 Å². The molecule has 1 saturated heterocycles. The lowest BCUT2D eigenvalue weighted by Gasteiger charge is -2.26. The monoisotopic (exact) mass is 279 g/mol. The molecule has 5 heteroatoms. The van der Waals surface area contributed by atoms with Crippen LogP contribution in [0.5, 0.6) is 0 Å². The molecule has 5 nitrogen and oxygen atoms in total.